The molecule has 0 aromatic carbocycles. The molecule has 2 rings (SSSR count). The van der Waals surface area contributed by atoms with Crippen LogP contribution in [0.15, 0.2) is 12.7 Å². The molecule has 2 fully saturated rings. The fourth-order valence-electron chi connectivity index (χ4n) is 2.99. The third-order valence-corrected chi connectivity index (χ3v) is 3.72. The Bertz CT molecular complexity index is 236. The lowest BCUT2D eigenvalue weighted by molar-refractivity contribution is -0.126. The number of amides is 1. The number of nitrogens with one attached hydrogen (secondary N) is 1. The van der Waals surface area contributed by atoms with E-state index in [4.69, 9.17) is 0 Å². The summed E-state index contributed by atoms with van der Waals surface area (Å²) >= 11 is 0. The minimum atomic E-state index is 0.291. The van der Waals surface area contributed by atoms with Gasteiger partial charge in [0.2, 0.25) is 5.91 Å². The highest BCUT2D eigenvalue weighted by molar-refractivity contribution is 5.79. The van der Waals surface area contributed by atoms with Gasteiger partial charge in [0.25, 0.3) is 0 Å². The lowest BCUT2D eigenvalue weighted by Crippen LogP contribution is -2.34. The van der Waals surface area contributed by atoms with Gasteiger partial charge in [0.1, 0.15) is 0 Å². The van der Waals surface area contributed by atoms with Crippen LogP contribution in [0.3, 0.4) is 0 Å². The number of rotatable bonds is 4. The van der Waals surface area contributed by atoms with E-state index in [0.29, 0.717) is 17.7 Å². The van der Waals surface area contributed by atoms with Gasteiger partial charge in [-0.25, -0.2) is 0 Å². The molecular weight excluding hydrogens is 174 g/mol. The van der Waals surface area contributed by atoms with Crippen molar-refractivity contribution in [1.82, 2.24) is 5.32 Å². The van der Waals surface area contributed by atoms with Crippen molar-refractivity contribution in [1.29, 1.82) is 0 Å². The van der Waals surface area contributed by atoms with Crippen LogP contribution in [0.25, 0.3) is 0 Å². The predicted octanol–water partition coefficient (Wildman–Crippen LogP) is 2.11. The van der Waals surface area contributed by atoms with Crippen molar-refractivity contribution in [2.45, 2.75) is 32.1 Å². The first-order valence-electron chi connectivity index (χ1n) is 5.70. The van der Waals surface area contributed by atoms with Gasteiger partial charge in [0.05, 0.1) is 0 Å². The highest BCUT2D eigenvalue weighted by Gasteiger charge is 2.42. The van der Waals surface area contributed by atoms with Crippen LogP contribution in [0.5, 0.6) is 0 Å². The molecule has 3 unspecified atom stereocenters. The first-order valence-corrected chi connectivity index (χ1v) is 5.70. The summed E-state index contributed by atoms with van der Waals surface area (Å²) in [6.45, 7) is 4.40. The van der Waals surface area contributed by atoms with Gasteiger partial charge in [-0.2, -0.15) is 0 Å². The maximum atomic E-state index is 11.8. The zero-order valence-corrected chi connectivity index (χ0v) is 8.67. The van der Waals surface area contributed by atoms with Crippen LogP contribution in [-0.4, -0.2) is 12.5 Å². The summed E-state index contributed by atoms with van der Waals surface area (Å²) in [6, 6.07) is 0. The zero-order chi connectivity index (χ0) is 9.97. The van der Waals surface area contributed by atoms with Crippen molar-refractivity contribution in [2.75, 3.05) is 6.54 Å². The van der Waals surface area contributed by atoms with Gasteiger partial charge < -0.3 is 5.32 Å². The van der Waals surface area contributed by atoms with E-state index in [1.165, 1.54) is 19.3 Å². The Morgan fingerprint density at radius 2 is 2.29 bits per heavy atom. The quantitative estimate of drug-likeness (QED) is 0.537. The molecule has 3 atom stereocenters. The molecule has 2 nitrogen and oxygen atoms in total. The maximum Gasteiger partial charge on any atom is 0.223 e. The third kappa shape index (κ3) is 1.84. The molecule has 1 N–H and O–H groups in total. The summed E-state index contributed by atoms with van der Waals surface area (Å²) in [5.41, 5.74) is 0. The summed E-state index contributed by atoms with van der Waals surface area (Å²) in [6.07, 6.45) is 7.82. The second-order valence-corrected chi connectivity index (χ2v) is 4.65. The lowest BCUT2D eigenvalue weighted by Gasteiger charge is -2.20. The molecule has 2 heteroatoms. The highest BCUT2D eigenvalue weighted by atomic mass is 16.1. The van der Waals surface area contributed by atoms with Crippen molar-refractivity contribution in [2.24, 2.45) is 17.8 Å². The van der Waals surface area contributed by atoms with Gasteiger partial charge in [-0.15, -0.1) is 6.58 Å². The molecule has 2 bridgehead atoms. The molecule has 0 aromatic heterocycles. The Hall–Kier alpha value is -0.790. The molecule has 0 spiro atoms. The van der Waals surface area contributed by atoms with Gasteiger partial charge in [0, 0.05) is 12.5 Å². The van der Waals surface area contributed by atoms with E-state index in [9.17, 15) is 4.79 Å². The van der Waals surface area contributed by atoms with Crippen LogP contribution in [0.2, 0.25) is 0 Å². The van der Waals surface area contributed by atoms with Gasteiger partial charge in [0.15, 0.2) is 0 Å². The van der Waals surface area contributed by atoms with Crippen molar-refractivity contribution in [3.63, 3.8) is 0 Å². The van der Waals surface area contributed by atoms with Crippen LogP contribution in [-0.2, 0) is 4.79 Å². The second-order valence-electron chi connectivity index (χ2n) is 4.65. The molecule has 0 aliphatic heterocycles. The normalized spacial score (nSPS) is 34.4. The van der Waals surface area contributed by atoms with Crippen molar-refractivity contribution in [3.8, 4) is 0 Å². The van der Waals surface area contributed by atoms with E-state index < -0.39 is 0 Å². The van der Waals surface area contributed by atoms with Crippen LogP contribution in [0.1, 0.15) is 32.1 Å². The van der Waals surface area contributed by atoms with E-state index in [2.05, 4.69) is 11.9 Å². The number of carbonyl (C=O) groups excluding carboxylic acids is 1. The highest BCUT2D eigenvalue weighted by Crippen LogP contribution is 2.48. The molecule has 78 valence electrons. The fraction of sp³-hybridized carbons (Fsp3) is 0.750. The number of fused-ring (bicyclic) bond motifs is 2. The molecule has 2 saturated carbocycles. The first kappa shape index (κ1) is 9.75. The summed E-state index contributed by atoms with van der Waals surface area (Å²) in [7, 11) is 0. The Labute approximate surface area is 85.8 Å². The molecule has 1 amide bonds. The number of hydrogen-bond acceptors (Lipinski definition) is 1. The van der Waals surface area contributed by atoms with Gasteiger partial charge in [-0.05, 0) is 37.5 Å². The zero-order valence-electron chi connectivity index (χ0n) is 8.67. The number of carbonyl (C=O) groups is 1. The summed E-state index contributed by atoms with van der Waals surface area (Å²) < 4.78 is 0. The standard InChI is InChI=1S/C12H19NO/c1-2-3-6-13-12(14)11-8-9-4-5-10(11)7-9/h2,9-11H,1,3-8H2,(H,13,14). The lowest BCUT2D eigenvalue weighted by atomic mass is 9.88. The molecule has 2 aliphatic rings. The Morgan fingerprint density at radius 1 is 1.43 bits per heavy atom. The Kier molecular flexibility index (Phi) is 2.90. The molecular formula is C12H19NO. The maximum absolute atomic E-state index is 11.8. The van der Waals surface area contributed by atoms with Crippen LogP contribution < -0.4 is 5.32 Å². The fourth-order valence-corrected chi connectivity index (χ4v) is 2.99. The average Bonchev–Trinajstić information content (AvgIpc) is 2.79. The first-order chi connectivity index (χ1) is 6.81. The van der Waals surface area contributed by atoms with E-state index in [-0.39, 0.29) is 0 Å². The Morgan fingerprint density at radius 3 is 2.86 bits per heavy atom. The van der Waals surface area contributed by atoms with Crippen molar-refractivity contribution < 1.29 is 4.79 Å². The molecule has 0 heterocycles. The smallest absolute Gasteiger partial charge is 0.223 e. The second kappa shape index (κ2) is 4.16. The van der Waals surface area contributed by atoms with Crippen molar-refractivity contribution in [3.05, 3.63) is 12.7 Å². The monoisotopic (exact) mass is 193 g/mol. The number of hydrogen-bond donors (Lipinski definition) is 1. The van der Waals surface area contributed by atoms with Crippen molar-refractivity contribution >= 4 is 5.91 Å². The topological polar surface area (TPSA) is 29.1 Å². The summed E-state index contributed by atoms with van der Waals surface area (Å²) in [5, 5.41) is 3.00. The SMILES string of the molecule is C=CCCNC(=O)C1CC2CCC1C2. The van der Waals surface area contributed by atoms with Gasteiger partial charge >= 0.3 is 0 Å². The summed E-state index contributed by atoms with van der Waals surface area (Å²) in [4.78, 5) is 11.8. The van der Waals surface area contributed by atoms with E-state index in [0.717, 1.165) is 25.3 Å². The molecule has 0 saturated heterocycles. The largest absolute Gasteiger partial charge is 0.356 e. The molecule has 0 aromatic rings. The third-order valence-electron chi connectivity index (χ3n) is 3.72. The molecule has 2 aliphatic carbocycles. The van der Waals surface area contributed by atoms with E-state index >= 15 is 0 Å². The van der Waals surface area contributed by atoms with Crippen LogP contribution in [0.4, 0.5) is 0 Å². The minimum Gasteiger partial charge on any atom is -0.356 e. The summed E-state index contributed by atoms with van der Waals surface area (Å²) in [5.74, 6) is 2.18. The van der Waals surface area contributed by atoms with Crippen LogP contribution in [0, 0.1) is 17.8 Å². The van der Waals surface area contributed by atoms with Gasteiger partial charge in [-0.3, -0.25) is 4.79 Å². The minimum absolute atomic E-state index is 0.291. The molecule has 14 heavy (non-hydrogen) atoms. The predicted molar refractivity (Wildman–Crippen MR) is 56.8 cm³/mol. The average molecular weight is 193 g/mol. The van der Waals surface area contributed by atoms with Gasteiger partial charge in [-0.1, -0.05) is 12.5 Å². The Balaban J connectivity index is 1.78. The van der Waals surface area contributed by atoms with E-state index in [1.807, 2.05) is 6.08 Å². The van der Waals surface area contributed by atoms with Crippen LogP contribution >= 0.6 is 0 Å². The van der Waals surface area contributed by atoms with E-state index in [1.54, 1.807) is 0 Å². The molecule has 0 radical (unpaired) electrons.